The summed E-state index contributed by atoms with van der Waals surface area (Å²) in [5.41, 5.74) is 0.645. The highest BCUT2D eigenvalue weighted by molar-refractivity contribution is 5.93. The molecule has 1 N–H and O–H groups in total. The summed E-state index contributed by atoms with van der Waals surface area (Å²) in [5.74, 6) is 0.118. The van der Waals surface area contributed by atoms with Gasteiger partial charge in [0.15, 0.2) is 0 Å². The number of carbonyl (C=O) groups excluding carboxylic acids is 1. The van der Waals surface area contributed by atoms with E-state index in [2.05, 4.69) is 5.32 Å². The van der Waals surface area contributed by atoms with Crippen molar-refractivity contribution in [1.82, 2.24) is 4.57 Å². The predicted octanol–water partition coefficient (Wildman–Crippen LogP) is 5.88. The Bertz CT molecular complexity index is 1200. The number of hydrogen-bond donors (Lipinski definition) is 1. The van der Waals surface area contributed by atoms with Crippen molar-refractivity contribution in [3.63, 3.8) is 0 Å². The van der Waals surface area contributed by atoms with Crippen LogP contribution in [0.1, 0.15) is 11.1 Å². The van der Waals surface area contributed by atoms with Gasteiger partial charge in [-0.2, -0.15) is 13.2 Å². The predicted molar refractivity (Wildman–Crippen MR) is 113 cm³/mol. The van der Waals surface area contributed by atoms with E-state index in [-0.39, 0.29) is 12.2 Å². The topological polar surface area (TPSA) is 43.3 Å². The molecule has 3 aromatic carbocycles. The van der Waals surface area contributed by atoms with E-state index in [0.29, 0.717) is 12.4 Å². The standard InChI is InChI=1S/C24H19F3N2O2/c25-24(26,27)19-9-4-5-10-20(19)28-23(30)15-29-14-13-18-21(29)11-6-12-22(18)31-16-17-7-2-1-3-8-17/h1-14H,15-16H2,(H,28,30). The first kappa shape index (κ1) is 20.5. The zero-order chi connectivity index (χ0) is 21.8. The second kappa shape index (κ2) is 8.55. The SMILES string of the molecule is O=C(Cn1ccc2c(OCc3ccccc3)cccc21)Nc1ccccc1C(F)(F)F. The maximum atomic E-state index is 13.2. The minimum atomic E-state index is -4.55. The molecule has 0 atom stereocenters. The average Bonchev–Trinajstić information content (AvgIpc) is 3.16. The summed E-state index contributed by atoms with van der Waals surface area (Å²) in [4.78, 5) is 12.5. The molecule has 1 amide bonds. The highest BCUT2D eigenvalue weighted by Crippen LogP contribution is 2.34. The van der Waals surface area contributed by atoms with E-state index in [1.54, 1.807) is 10.8 Å². The van der Waals surface area contributed by atoms with Gasteiger partial charge in [0.1, 0.15) is 18.9 Å². The fourth-order valence-corrected chi connectivity index (χ4v) is 3.38. The van der Waals surface area contributed by atoms with E-state index in [9.17, 15) is 18.0 Å². The molecule has 1 aromatic heterocycles. The number of rotatable bonds is 6. The van der Waals surface area contributed by atoms with Crippen LogP contribution in [0, 0.1) is 0 Å². The molecule has 0 fully saturated rings. The Morgan fingerprint density at radius 1 is 0.903 bits per heavy atom. The molecule has 4 nitrogen and oxygen atoms in total. The Kier molecular flexibility index (Phi) is 5.66. The van der Waals surface area contributed by atoms with E-state index in [4.69, 9.17) is 4.74 Å². The Balaban J connectivity index is 1.50. The molecule has 1 heterocycles. The van der Waals surface area contributed by atoms with Crippen molar-refractivity contribution >= 4 is 22.5 Å². The largest absolute Gasteiger partial charge is 0.488 e. The molecule has 4 aromatic rings. The molecule has 7 heteroatoms. The summed E-state index contributed by atoms with van der Waals surface area (Å²) >= 11 is 0. The lowest BCUT2D eigenvalue weighted by Gasteiger charge is -2.14. The number of hydrogen-bond acceptors (Lipinski definition) is 2. The smallest absolute Gasteiger partial charge is 0.418 e. The molecule has 4 rings (SSSR count). The van der Waals surface area contributed by atoms with Gasteiger partial charge in [-0.25, -0.2) is 0 Å². The van der Waals surface area contributed by atoms with Gasteiger partial charge in [0.25, 0.3) is 0 Å². The Hall–Kier alpha value is -3.74. The van der Waals surface area contributed by atoms with Crippen molar-refractivity contribution < 1.29 is 22.7 Å². The van der Waals surface area contributed by atoms with Crippen molar-refractivity contribution in [2.24, 2.45) is 0 Å². The Morgan fingerprint density at radius 3 is 2.42 bits per heavy atom. The highest BCUT2D eigenvalue weighted by atomic mass is 19.4. The Morgan fingerprint density at radius 2 is 1.65 bits per heavy atom. The summed E-state index contributed by atoms with van der Waals surface area (Å²) < 4.78 is 47.1. The van der Waals surface area contributed by atoms with Crippen molar-refractivity contribution in [2.75, 3.05) is 5.32 Å². The maximum absolute atomic E-state index is 13.2. The molecule has 31 heavy (non-hydrogen) atoms. The number of anilines is 1. The second-order valence-electron chi connectivity index (χ2n) is 7.00. The summed E-state index contributed by atoms with van der Waals surface area (Å²) in [6.07, 6.45) is -2.83. The van der Waals surface area contributed by atoms with Crippen LogP contribution in [0.25, 0.3) is 10.9 Å². The number of alkyl halides is 3. The van der Waals surface area contributed by atoms with Crippen LogP contribution >= 0.6 is 0 Å². The molecule has 158 valence electrons. The molecule has 0 aliphatic rings. The first-order valence-electron chi connectivity index (χ1n) is 9.62. The van der Waals surface area contributed by atoms with Crippen molar-refractivity contribution in [3.8, 4) is 5.75 Å². The molecular weight excluding hydrogens is 405 g/mol. The molecule has 0 saturated heterocycles. The highest BCUT2D eigenvalue weighted by Gasteiger charge is 2.33. The lowest BCUT2D eigenvalue weighted by molar-refractivity contribution is -0.137. The number of nitrogens with one attached hydrogen (secondary N) is 1. The third kappa shape index (κ3) is 4.71. The number of fused-ring (bicyclic) bond motifs is 1. The molecule has 0 unspecified atom stereocenters. The first-order valence-corrected chi connectivity index (χ1v) is 9.62. The van der Waals surface area contributed by atoms with Gasteiger partial charge in [0.2, 0.25) is 5.91 Å². The molecule has 0 saturated carbocycles. The van der Waals surface area contributed by atoms with Crippen LogP contribution < -0.4 is 10.1 Å². The summed E-state index contributed by atoms with van der Waals surface area (Å²) in [7, 11) is 0. The quantitative estimate of drug-likeness (QED) is 0.420. The van der Waals surface area contributed by atoms with Crippen LogP contribution in [0.3, 0.4) is 0 Å². The zero-order valence-corrected chi connectivity index (χ0v) is 16.4. The van der Waals surface area contributed by atoms with Gasteiger partial charge in [-0.3, -0.25) is 4.79 Å². The molecule has 0 aliphatic carbocycles. The first-order chi connectivity index (χ1) is 14.9. The number of para-hydroxylation sites is 1. The number of halogens is 3. The van der Waals surface area contributed by atoms with Gasteiger partial charge < -0.3 is 14.6 Å². The molecular formula is C24H19F3N2O2. The number of carbonyl (C=O) groups is 1. The van der Waals surface area contributed by atoms with Crippen LogP contribution in [0.5, 0.6) is 5.75 Å². The average molecular weight is 424 g/mol. The Labute approximate surface area is 176 Å². The van der Waals surface area contributed by atoms with Crippen molar-refractivity contribution in [1.29, 1.82) is 0 Å². The van der Waals surface area contributed by atoms with E-state index in [1.165, 1.54) is 18.2 Å². The van der Waals surface area contributed by atoms with Crippen LogP contribution in [-0.2, 0) is 24.1 Å². The van der Waals surface area contributed by atoms with E-state index < -0.39 is 17.6 Å². The fraction of sp³-hybridized carbons (Fsp3) is 0.125. The van der Waals surface area contributed by atoms with Gasteiger partial charge in [0, 0.05) is 11.6 Å². The number of nitrogens with zero attached hydrogens (tertiary/aromatic N) is 1. The van der Waals surface area contributed by atoms with Crippen LogP contribution in [0.2, 0.25) is 0 Å². The molecule has 0 radical (unpaired) electrons. The van der Waals surface area contributed by atoms with Gasteiger partial charge in [-0.1, -0.05) is 48.5 Å². The van der Waals surface area contributed by atoms with Gasteiger partial charge in [-0.15, -0.1) is 0 Å². The molecule has 0 aliphatic heterocycles. The fourth-order valence-electron chi connectivity index (χ4n) is 3.38. The monoisotopic (exact) mass is 424 g/mol. The van der Waals surface area contributed by atoms with E-state index in [0.717, 1.165) is 22.5 Å². The lowest BCUT2D eigenvalue weighted by Crippen LogP contribution is -2.20. The number of benzene rings is 3. The number of amides is 1. The summed E-state index contributed by atoms with van der Waals surface area (Å²) in [6, 6.07) is 22.0. The lowest BCUT2D eigenvalue weighted by atomic mass is 10.1. The zero-order valence-electron chi connectivity index (χ0n) is 16.4. The minimum absolute atomic E-state index is 0.127. The number of aromatic nitrogens is 1. The van der Waals surface area contributed by atoms with Crippen molar-refractivity contribution in [2.45, 2.75) is 19.3 Å². The van der Waals surface area contributed by atoms with Gasteiger partial charge in [0.05, 0.1) is 16.8 Å². The molecule has 0 bridgehead atoms. The minimum Gasteiger partial charge on any atom is -0.488 e. The van der Waals surface area contributed by atoms with Gasteiger partial charge in [-0.05, 0) is 35.9 Å². The van der Waals surface area contributed by atoms with Crippen LogP contribution in [-0.4, -0.2) is 10.5 Å². The number of ether oxygens (including phenoxy) is 1. The normalized spacial score (nSPS) is 11.5. The third-order valence-electron chi connectivity index (χ3n) is 4.83. The third-order valence-corrected chi connectivity index (χ3v) is 4.83. The van der Waals surface area contributed by atoms with Crippen LogP contribution in [0.4, 0.5) is 18.9 Å². The second-order valence-corrected chi connectivity index (χ2v) is 7.00. The van der Waals surface area contributed by atoms with Gasteiger partial charge >= 0.3 is 6.18 Å². The molecule has 0 spiro atoms. The van der Waals surface area contributed by atoms with Crippen molar-refractivity contribution in [3.05, 3.63) is 96.2 Å². The summed E-state index contributed by atoms with van der Waals surface area (Å²) in [5, 5.41) is 3.19. The van der Waals surface area contributed by atoms with E-state index in [1.807, 2.05) is 54.6 Å². The maximum Gasteiger partial charge on any atom is 0.418 e. The summed E-state index contributed by atoms with van der Waals surface area (Å²) in [6.45, 7) is 0.275. The van der Waals surface area contributed by atoms with E-state index >= 15 is 0 Å². The van der Waals surface area contributed by atoms with Crippen LogP contribution in [0.15, 0.2) is 85.1 Å².